The predicted molar refractivity (Wildman–Crippen MR) is 69.9 cm³/mol. The summed E-state index contributed by atoms with van der Waals surface area (Å²) in [7, 11) is 5.65. The zero-order chi connectivity index (χ0) is 13.3. The Hall–Kier alpha value is -2.30. The van der Waals surface area contributed by atoms with Crippen molar-refractivity contribution in [2.75, 3.05) is 19.0 Å². The highest BCUT2D eigenvalue weighted by Gasteiger charge is 2.15. The molecule has 0 unspecified atom stereocenters. The minimum atomic E-state index is -1.01. The molecule has 0 fully saturated rings. The van der Waals surface area contributed by atoms with Crippen LogP contribution in [0.4, 0.5) is 5.69 Å². The van der Waals surface area contributed by atoms with E-state index in [4.69, 9.17) is 5.11 Å². The number of aryl methyl sites for hydroxylation is 1. The monoisotopic (exact) mass is 245 g/mol. The Morgan fingerprint density at radius 2 is 2.00 bits per heavy atom. The molecular weight excluding hydrogens is 230 g/mol. The molecule has 0 saturated carbocycles. The molecule has 1 aromatic heterocycles. The molecule has 2 aromatic rings. The van der Waals surface area contributed by atoms with Crippen LogP contribution < -0.4 is 4.90 Å². The molecule has 0 aliphatic heterocycles. The fourth-order valence-corrected chi connectivity index (χ4v) is 1.90. The van der Waals surface area contributed by atoms with Crippen molar-refractivity contribution in [3.8, 4) is 11.3 Å². The molecule has 1 aromatic carbocycles. The van der Waals surface area contributed by atoms with Crippen LogP contribution in [0.15, 0.2) is 30.3 Å². The van der Waals surface area contributed by atoms with Gasteiger partial charge in [-0.3, -0.25) is 4.68 Å². The third kappa shape index (κ3) is 2.07. The van der Waals surface area contributed by atoms with E-state index in [-0.39, 0.29) is 5.69 Å². The standard InChI is InChI=1S/C13H15N3O2/c1-15(2)11-7-5-4-6-9(11)12-8-10(13(17)18)14-16(12)3/h4-8H,1-3H3,(H,17,18). The SMILES string of the molecule is CN(C)c1ccccc1-c1cc(C(=O)O)nn1C. The summed E-state index contributed by atoms with van der Waals surface area (Å²) in [4.78, 5) is 12.9. The fourth-order valence-electron chi connectivity index (χ4n) is 1.90. The Labute approximate surface area is 105 Å². The molecule has 0 bridgehead atoms. The van der Waals surface area contributed by atoms with E-state index in [1.54, 1.807) is 17.8 Å². The average molecular weight is 245 g/mol. The van der Waals surface area contributed by atoms with Crippen LogP contribution >= 0.6 is 0 Å². The molecule has 0 aliphatic rings. The van der Waals surface area contributed by atoms with Crippen LogP contribution in [0.25, 0.3) is 11.3 Å². The third-order valence-electron chi connectivity index (χ3n) is 2.76. The molecule has 0 spiro atoms. The molecule has 5 heteroatoms. The summed E-state index contributed by atoms with van der Waals surface area (Å²) in [6.07, 6.45) is 0. The molecule has 1 heterocycles. The number of benzene rings is 1. The van der Waals surface area contributed by atoms with Crippen molar-refractivity contribution < 1.29 is 9.90 Å². The van der Waals surface area contributed by atoms with Crippen LogP contribution in [0.2, 0.25) is 0 Å². The number of anilines is 1. The summed E-state index contributed by atoms with van der Waals surface area (Å²) in [5.41, 5.74) is 2.83. The molecule has 0 atom stereocenters. The van der Waals surface area contributed by atoms with Crippen molar-refractivity contribution in [3.05, 3.63) is 36.0 Å². The topological polar surface area (TPSA) is 58.4 Å². The van der Waals surface area contributed by atoms with Crippen molar-refractivity contribution >= 4 is 11.7 Å². The highest BCUT2D eigenvalue weighted by atomic mass is 16.4. The first-order valence-corrected chi connectivity index (χ1v) is 5.54. The number of carbonyl (C=O) groups is 1. The van der Waals surface area contributed by atoms with Crippen LogP contribution in [0.1, 0.15) is 10.5 Å². The van der Waals surface area contributed by atoms with E-state index in [2.05, 4.69) is 5.10 Å². The quantitative estimate of drug-likeness (QED) is 0.896. The Kier molecular flexibility index (Phi) is 3.06. The summed E-state index contributed by atoms with van der Waals surface area (Å²) >= 11 is 0. The minimum Gasteiger partial charge on any atom is -0.476 e. The van der Waals surface area contributed by atoms with Gasteiger partial charge >= 0.3 is 5.97 Å². The predicted octanol–water partition coefficient (Wildman–Crippen LogP) is 1.85. The van der Waals surface area contributed by atoms with Crippen molar-refractivity contribution in [1.82, 2.24) is 9.78 Å². The van der Waals surface area contributed by atoms with E-state index in [9.17, 15) is 4.79 Å². The Balaban J connectivity index is 2.58. The van der Waals surface area contributed by atoms with Gasteiger partial charge in [0.05, 0.1) is 5.69 Å². The fraction of sp³-hybridized carbons (Fsp3) is 0.231. The average Bonchev–Trinajstić information content (AvgIpc) is 2.71. The molecule has 94 valence electrons. The maximum Gasteiger partial charge on any atom is 0.356 e. The molecule has 0 aliphatic carbocycles. The number of hydrogen-bond acceptors (Lipinski definition) is 3. The largest absolute Gasteiger partial charge is 0.476 e. The Morgan fingerprint density at radius 1 is 1.33 bits per heavy atom. The normalized spacial score (nSPS) is 10.4. The van der Waals surface area contributed by atoms with E-state index < -0.39 is 5.97 Å². The van der Waals surface area contributed by atoms with Gasteiger partial charge in [-0.25, -0.2) is 4.79 Å². The number of carboxylic acid groups (broad SMARTS) is 1. The molecule has 18 heavy (non-hydrogen) atoms. The van der Waals surface area contributed by atoms with Gasteiger partial charge in [-0.1, -0.05) is 18.2 Å². The van der Waals surface area contributed by atoms with Crippen molar-refractivity contribution in [2.45, 2.75) is 0 Å². The molecule has 0 amide bonds. The molecule has 5 nitrogen and oxygen atoms in total. The maximum absolute atomic E-state index is 10.9. The van der Waals surface area contributed by atoms with Crippen LogP contribution in [0.3, 0.4) is 0 Å². The summed E-state index contributed by atoms with van der Waals surface area (Å²) < 4.78 is 1.59. The lowest BCUT2D eigenvalue weighted by Crippen LogP contribution is -2.10. The van der Waals surface area contributed by atoms with Crippen molar-refractivity contribution in [2.24, 2.45) is 7.05 Å². The minimum absolute atomic E-state index is 0.0565. The van der Waals surface area contributed by atoms with Crippen LogP contribution in [-0.2, 0) is 7.05 Å². The van der Waals surface area contributed by atoms with E-state index in [1.165, 1.54) is 0 Å². The lowest BCUT2D eigenvalue weighted by Gasteiger charge is -2.17. The van der Waals surface area contributed by atoms with E-state index in [0.717, 1.165) is 16.9 Å². The first kappa shape index (κ1) is 12.2. The summed E-state index contributed by atoms with van der Waals surface area (Å²) in [5.74, 6) is -1.01. The Bertz CT molecular complexity index is 588. The third-order valence-corrected chi connectivity index (χ3v) is 2.76. The van der Waals surface area contributed by atoms with Gasteiger partial charge in [-0.05, 0) is 12.1 Å². The lowest BCUT2D eigenvalue weighted by molar-refractivity contribution is 0.0689. The second-order valence-corrected chi connectivity index (χ2v) is 4.26. The lowest BCUT2D eigenvalue weighted by atomic mass is 10.1. The van der Waals surface area contributed by atoms with Gasteiger partial charge in [-0.15, -0.1) is 0 Å². The van der Waals surface area contributed by atoms with Crippen LogP contribution in [-0.4, -0.2) is 35.0 Å². The molecule has 1 N–H and O–H groups in total. The number of hydrogen-bond donors (Lipinski definition) is 1. The Morgan fingerprint density at radius 3 is 2.56 bits per heavy atom. The van der Waals surface area contributed by atoms with Crippen LogP contribution in [0, 0.1) is 0 Å². The number of carboxylic acids is 1. The van der Waals surface area contributed by atoms with Gasteiger partial charge in [0.1, 0.15) is 0 Å². The van der Waals surface area contributed by atoms with Crippen LogP contribution in [0.5, 0.6) is 0 Å². The first-order chi connectivity index (χ1) is 8.50. The van der Waals surface area contributed by atoms with Gasteiger partial charge < -0.3 is 10.0 Å². The zero-order valence-electron chi connectivity index (χ0n) is 10.6. The second-order valence-electron chi connectivity index (χ2n) is 4.26. The molecule has 0 saturated heterocycles. The van der Waals surface area contributed by atoms with E-state index >= 15 is 0 Å². The van der Waals surface area contributed by atoms with Gasteiger partial charge in [-0.2, -0.15) is 5.10 Å². The van der Waals surface area contributed by atoms with Crippen molar-refractivity contribution in [1.29, 1.82) is 0 Å². The van der Waals surface area contributed by atoms with Gasteiger partial charge in [0.15, 0.2) is 5.69 Å². The first-order valence-electron chi connectivity index (χ1n) is 5.54. The summed E-state index contributed by atoms with van der Waals surface area (Å²) in [5, 5.41) is 12.9. The number of aromatic carboxylic acids is 1. The molecule has 0 radical (unpaired) electrons. The maximum atomic E-state index is 10.9. The zero-order valence-corrected chi connectivity index (χ0v) is 10.6. The number of nitrogens with zero attached hydrogens (tertiary/aromatic N) is 3. The van der Waals surface area contributed by atoms with Gasteiger partial charge in [0.2, 0.25) is 0 Å². The number of aromatic nitrogens is 2. The molecule has 2 rings (SSSR count). The highest BCUT2D eigenvalue weighted by Crippen LogP contribution is 2.29. The summed E-state index contributed by atoms with van der Waals surface area (Å²) in [6.45, 7) is 0. The molecular formula is C13H15N3O2. The highest BCUT2D eigenvalue weighted by molar-refractivity contribution is 5.88. The smallest absolute Gasteiger partial charge is 0.356 e. The number of para-hydroxylation sites is 1. The van der Waals surface area contributed by atoms with E-state index in [0.29, 0.717) is 0 Å². The number of rotatable bonds is 3. The summed E-state index contributed by atoms with van der Waals surface area (Å²) in [6, 6.07) is 9.41. The van der Waals surface area contributed by atoms with Crippen molar-refractivity contribution in [3.63, 3.8) is 0 Å². The van der Waals surface area contributed by atoms with Gasteiger partial charge in [0.25, 0.3) is 0 Å². The van der Waals surface area contributed by atoms with E-state index in [1.807, 2.05) is 43.3 Å². The second kappa shape index (κ2) is 4.52. The van der Waals surface area contributed by atoms with Gasteiger partial charge in [0, 0.05) is 32.4 Å².